The molecule has 0 aliphatic heterocycles. The zero-order valence-corrected chi connectivity index (χ0v) is 13.7. The van der Waals surface area contributed by atoms with Crippen LogP contribution in [0.5, 0.6) is 0 Å². The monoisotopic (exact) mass is 346 g/mol. The SMILES string of the molecule is O=C(OCCC1CCCCC1)c1ccc(SOOO)c(Cl)c1. The van der Waals surface area contributed by atoms with Crippen molar-refractivity contribution in [2.75, 3.05) is 6.61 Å². The third kappa shape index (κ3) is 5.44. The predicted octanol–water partition coefficient (Wildman–Crippen LogP) is 4.90. The minimum Gasteiger partial charge on any atom is -0.462 e. The van der Waals surface area contributed by atoms with Crippen LogP contribution in [0.15, 0.2) is 23.1 Å². The van der Waals surface area contributed by atoms with Crippen LogP contribution in [0.1, 0.15) is 48.9 Å². The van der Waals surface area contributed by atoms with E-state index < -0.39 is 0 Å². The normalized spacial score (nSPS) is 15.7. The number of carbonyl (C=O) groups excluding carboxylic acids is 1. The van der Waals surface area contributed by atoms with Crippen LogP contribution in [0.4, 0.5) is 0 Å². The Morgan fingerprint density at radius 3 is 2.77 bits per heavy atom. The highest BCUT2D eigenvalue weighted by Crippen LogP contribution is 2.29. The highest BCUT2D eigenvalue weighted by molar-refractivity contribution is 7.94. The van der Waals surface area contributed by atoms with E-state index in [0.29, 0.717) is 28.0 Å². The Hall–Kier alpha value is -0.790. The lowest BCUT2D eigenvalue weighted by Crippen LogP contribution is -2.12. The number of ether oxygens (including phenoxy) is 1. The van der Waals surface area contributed by atoms with E-state index in [2.05, 4.69) is 9.37 Å². The van der Waals surface area contributed by atoms with Gasteiger partial charge in [0.1, 0.15) is 0 Å². The molecule has 0 bridgehead atoms. The molecule has 0 heterocycles. The van der Waals surface area contributed by atoms with Crippen LogP contribution in [0.2, 0.25) is 5.02 Å². The molecule has 1 aliphatic rings. The van der Waals surface area contributed by atoms with Crippen molar-refractivity contribution in [1.29, 1.82) is 0 Å². The van der Waals surface area contributed by atoms with Crippen LogP contribution in [-0.4, -0.2) is 17.8 Å². The molecular weight excluding hydrogens is 328 g/mol. The molecule has 0 aromatic heterocycles. The van der Waals surface area contributed by atoms with Gasteiger partial charge in [-0.2, -0.15) is 0 Å². The molecule has 0 unspecified atom stereocenters. The molecule has 2 rings (SSSR count). The zero-order valence-electron chi connectivity index (χ0n) is 12.1. The molecule has 1 aromatic rings. The van der Waals surface area contributed by atoms with Gasteiger partial charge in [0.15, 0.2) is 0 Å². The Balaban J connectivity index is 1.80. The molecule has 1 aliphatic carbocycles. The van der Waals surface area contributed by atoms with E-state index in [0.717, 1.165) is 18.5 Å². The maximum Gasteiger partial charge on any atom is 0.338 e. The third-order valence-corrected chi connectivity index (χ3v) is 4.90. The van der Waals surface area contributed by atoms with Crippen LogP contribution in [-0.2, 0) is 14.1 Å². The molecule has 0 radical (unpaired) electrons. The second kappa shape index (κ2) is 9.37. The summed E-state index contributed by atoms with van der Waals surface area (Å²) in [6, 6.07) is 4.70. The van der Waals surface area contributed by atoms with Crippen molar-refractivity contribution in [1.82, 2.24) is 0 Å². The molecule has 1 saturated carbocycles. The van der Waals surface area contributed by atoms with Crippen molar-refractivity contribution in [3.63, 3.8) is 0 Å². The Morgan fingerprint density at radius 2 is 2.09 bits per heavy atom. The minimum atomic E-state index is -0.381. The molecule has 0 atom stereocenters. The van der Waals surface area contributed by atoms with Gasteiger partial charge in [0, 0.05) is 0 Å². The average Bonchev–Trinajstić information content (AvgIpc) is 2.54. The van der Waals surface area contributed by atoms with Crippen molar-refractivity contribution >= 4 is 29.6 Å². The van der Waals surface area contributed by atoms with Gasteiger partial charge in [0.05, 0.1) is 34.1 Å². The zero-order chi connectivity index (χ0) is 15.8. The van der Waals surface area contributed by atoms with Crippen molar-refractivity contribution in [2.24, 2.45) is 5.92 Å². The summed E-state index contributed by atoms with van der Waals surface area (Å²) in [5, 5.41) is 11.9. The molecule has 5 nitrogen and oxygen atoms in total. The Labute approximate surface area is 139 Å². The third-order valence-electron chi connectivity index (χ3n) is 3.81. The first-order valence-corrected chi connectivity index (χ1v) is 8.44. The first kappa shape index (κ1) is 17.6. The molecular formula is C15H19ClO5S. The molecule has 1 aromatic carbocycles. The molecule has 0 amide bonds. The summed E-state index contributed by atoms with van der Waals surface area (Å²) in [5.74, 6) is 0.299. The van der Waals surface area contributed by atoms with Crippen molar-refractivity contribution in [3.8, 4) is 0 Å². The van der Waals surface area contributed by atoms with Gasteiger partial charge in [-0.15, -0.1) is 4.33 Å². The Bertz CT molecular complexity index is 491. The van der Waals surface area contributed by atoms with Gasteiger partial charge in [-0.1, -0.05) is 48.7 Å². The van der Waals surface area contributed by atoms with Gasteiger partial charge in [-0.05, 0) is 30.5 Å². The summed E-state index contributed by atoms with van der Waals surface area (Å²) in [6.07, 6.45) is 7.30. The number of carbonyl (C=O) groups is 1. The van der Waals surface area contributed by atoms with Gasteiger partial charge in [0.25, 0.3) is 0 Å². The fraction of sp³-hybridized carbons (Fsp3) is 0.533. The van der Waals surface area contributed by atoms with Crippen molar-refractivity contribution in [2.45, 2.75) is 43.4 Å². The van der Waals surface area contributed by atoms with Crippen LogP contribution < -0.4 is 0 Å². The molecule has 7 heteroatoms. The fourth-order valence-electron chi connectivity index (χ4n) is 2.62. The molecule has 1 fully saturated rings. The molecule has 122 valence electrons. The maximum atomic E-state index is 12.0. The quantitative estimate of drug-likeness (QED) is 0.328. The Morgan fingerprint density at radius 1 is 1.32 bits per heavy atom. The lowest BCUT2D eigenvalue weighted by molar-refractivity contribution is -0.432. The number of hydrogen-bond acceptors (Lipinski definition) is 6. The van der Waals surface area contributed by atoms with Crippen molar-refractivity contribution in [3.05, 3.63) is 28.8 Å². The first-order valence-electron chi connectivity index (χ1n) is 7.32. The van der Waals surface area contributed by atoms with Gasteiger partial charge < -0.3 is 4.74 Å². The van der Waals surface area contributed by atoms with Crippen molar-refractivity contribution < 1.29 is 24.2 Å². The number of halogens is 1. The summed E-state index contributed by atoms with van der Waals surface area (Å²) in [5.41, 5.74) is 0.392. The molecule has 0 saturated heterocycles. The van der Waals surface area contributed by atoms with E-state index in [1.165, 1.54) is 38.2 Å². The number of rotatable bonds is 7. The standard InChI is InChI=1S/C15H19ClO5S/c16-13-10-12(6-7-14(13)22-21-20-18)15(17)19-9-8-11-4-2-1-3-5-11/h6-7,10-11,18H,1-5,8-9H2. The van der Waals surface area contributed by atoms with E-state index in [1.807, 2.05) is 0 Å². The van der Waals surface area contributed by atoms with Gasteiger partial charge in [0.2, 0.25) is 0 Å². The van der Waals surface area contributed by atoms with E-state index in [4.69, 9.17) is 21.6 Å². The molecule has 1 N–H and O–H groups in total. The number of benzene rings is 1. The summed E-state index contributed by atoms with van der Waals surface area (Å²) in [7, 11) is 0. The van der Waals surface area contributed by atoms with E-state index in [1.54, 1.807) is 12.1 Å². The highest BCUT2D eigenvalue weighted by Gasteiger charge is 2.15. The summed E-state index contributed by atoms with van der Waals surface area (Å²) < 4.78 is 9.61. The van der Waals surface area contributed by atoms with E-state index >= 15 is 0 Å². The van der Waals surface area contributed by atoms with Crippen LogP contribution in [0.3, 0.4) is 0 Å². The van der Waals surface area contributed by atoms with E-state index in [9.17, 15) is 4.79 Å². The topological polar surface area (TPSA) is 65.0 Å². The second-order valence-electron chi connectivity index (χ2n) is 5.30. The number of esters is 1. The fourth-order valence-corrected chi connectivity index (χ4v) is 3.27. The molecule has 0 spiro atoms. The van der Waals surface area contributed by atoms with Gasteiger partial charge in [-0.3, -0.25) is 0 Å². The minimum absolute atomic E-state index is 0.323. The smallest absolute Gasteiger partial charge is 0.338 e. The van der Waals surface area contributed by atoms with Gasteiger partial charge in [-0.25, -0.2) is 10.1 Å². The highest BCUT2D eigenvalue weighted by atomic mass is 35.5. The van der Waals surface area contributed by atoms with E-state index in [-0.39, 0.29) is 5.97 Å². The average molecular weight is 347 g/mol. The predicted molar refractivity (Wildman–Crippen MR) is 83.6 cm³/mol. The Kier molecular flexibility index (Phi) is 7.48. The van der Waals surface area contributed by atoms with Crippen LogP contribution >= 0.6 is 23.6 Å². The lowest BCUT2D eigenvalue weighted by Gasteiger charge is -2.21. The summed E-state index contributed by atoms with van der Waals surface area (Å²) in [4.78, 5) is 12.5. The number of hydrogen-bond donors (Lipinski definition) is 1. The lowest BCUT2D eigenvalue weighted by atomic mass is 9.87. The summed E-state index contributed by atoms with van der Waals surface area (Å²) in [6.45, 7) is 0.444. The van der Waals surface area contributed by atoms with Gasteiger partial charge >= 0.3 is 5.97 Å². The molecule has 22 heavy (non-hydrogen) atoms. The largest absolute Gasteiger partial charge is 0.462 e. The van der Waals surface area contributed by atoms with Crippen LogP contribution in [0, 0.1) is 5.92 Å². The first-order chi connectivity index (χ1) is 10.7. The van der Waals surface area contributed by atoms with Crippen LogP contribution in [0.25, 0.3) is 0 Å². The summed E-state index contributed by atoms with van der Waals surface area (Å²) >= 11 is 6.77. The second-order valence-corrected chi connectivity index (χ2v) is 6.45. The maximum absolute atomic E-state index is 12.0.